The Labute approximate surface area is 103 Å². The molecule has 2 nitrogen and oxygen atoms in total. The van der Waals surface area contributed by atoms with Crippen molar-refractivity contribution < 1.29 is 4.39 Å². The normalized spacial score (nSPS) is 9.71. The maximum Gasteiger partial charge on any atom is 0.146 e. The zero-order valence-electron chi connectivity index (χ0n) is 8.74. The number of nitriles is 1. The van der Waals surface area contributed by atoms with Gasteiger partial charge in [-0.3, -0.25) is 0 Å². The Morgan fingerprint density at radius 1 is 1.18 bits per heavy atom. The van der Waals surface area contributed by atoms with Gasteiger partial charge in [-0.25, -0.2) is 4.39 Å². The molecule has 0 aliphatic rings. The lowest BCUT2D eigenvalue weighted by atomic mass is 10.2. The zero-order valence-corrected chi connectivity index (χ0v) is 9.50. The van der Waals surface area contributed by atoms with E-state index in [2.05, 4.69) is 5.32 Å². The van der Waals surface area contributed by atoms with E-state index < -0.39 is 0 Å². The molecular formula is C13H8ClFN2. The molecule has 0 spiro atoms. The van der Waals surface area contributed by atoms with Gasteiger partial charge in [-0.2, -0.15) is 5.26 Å². The summed E-state index contributed by atoms with van der Waals surface area (Å²) in [6.07, 6.45) is 0. The molecule has 84 valence electrons. The second kappa shape index (κ2) is 4.86. The van der Waals surface area contributed by atoms with Gasteiger partial charge in [-0.1, -0.05) is 23.7 Å². The summed E-state index contributed by atoms with van der Waals surface area (Å²) in [6.45, 7) is 0. The van der Waals surface area contributed by atoms with E-state index in [0.717, 1.165) is 0 Å². The maximum absolute atomic E-state index is 13.4. The van der Waals surface area contributed by atoms with Crippen LogP contribution in [-0.4, -0.2) is 0 Å². The van der Waals surface area contributed by atoms with E-state index in [-0.39, 0.29) is 5.82 Å². The van der Waals surface area contributed by atoms with Crippen LogP contribution < -0.4 is 5.32 Å². The number of hydrogen-bond donors (Lipinski definition) is 1. The zero-order chi connectivity index (χ0) is 12.3. The highest BCUT2D eigenvalue weighted by molar-refractivity contribution is 6.32. The summed E-state index contributed by atoms with van der Waals surface area (Å²) in [5.41, 5.74) is 1.40. The molecule has 0 aromatic heterocycles. The fraction of sp³-hybridized carbons (Fsp3) is 0. The minimum Gasteiger partial charge on any atom is -0.353 e. The van der Waals surface area contributed by atoms with E-state index in [1.54, 1.807) is 36.4 Å². The molecule has 0 radical (unpaired) electrons. The summed E-state index contributed by atoms with van der Waals surface area (Å²) in [5, 5.41) is 12.0. The van der Waals surface area contributed by atoms with Crippen LogP contribution in [0.2, 0.25) is 5.02 Å². The molecule has 0 aliphatic carbocycles. The monoisotopic (exact) mass is 246 g/mol. The van der Waals surface area contributed by atoms with Crippen molar-refractivity contribution in [3.8, 4) is 6.07 Å². The first-order valence-electron chi connectivity index (χ1n) is 4.92. The number of rotatable bonds is 2. The maximum atomic E-state index is 13.4. The van der Waals surface area contributed by atoms with Gasteiger partial charge >= 0.3 is 0 Å². The molecule has 2 aromatic carbocycles. The van der Waals surface area contributed by atoms with Gasteiger partial charge in [0.25, 0.3) is 0 Å². The van der Waals surface area contributed by atoms with E-state index in [0.29, 0.717) is 22.0 Å². The number of para-hydroxylation sites is 1. The lowest BCUT2D eigenvalue weighted by molar-refractivity contribution is 0.632. The standard InChI is InChI=1S/C13H8ClFN2/c14-11-7-10(6-5-9(11)8-16)17-13-4-2-1-3-12(13)15/h1-7,17H. The fourth-order valence-corrected chi connectivity index (χ4v) is 1.62. The van der Waals surface area contributed by atoms with Crippen LogP contribution in [0, 0.1) is 17.1 Å². The average molecular weight is 247 g/mol. The number of nitrogens with zero attached hydrogens (tertiary/aromatic N) is 1. The Hall–Kier alpha value is -2.05. The van der Waals surface area contributed by atoms with Gasteiger partial charge in [-0.05, 0) is 30.3 Å². The third kappa shape index (κ3) is 2.55. The quantitative estimate of drug-likeness (QED) is 0.866. The highest BCUT2D eigenvalue weighted by Crippen LogP contribution is 2.24. The molecule has 4 heteroatoms. The van der Waals surface area contributed by atoms with Crippen LogP contribution in [0.5, 0.6) is 0 Å². The lowest BCUT2D eigenvalue weighted by Gasteiger charge is -2.07. The van der Waals surface area contributed by atoms with Crippen LogP contribution in [0.15, 0.2) is 42.5 Å². The number of anilines is 2. The largest absolute Gasteiger partial charge is 0.353 e. The third-order valence-corrected chi connectivity index (χ3v) is 2.56. The summed E-state index contributed by atoms with van der Waals surface area (Å²) < 4.78 is 13.4. The predicted octanol–water partition coefficient (Wildman–Crippen LogP) is 4.09. The smallest absolute Gasteiger partial charge is 0.146 e. The Morgan fingerprint density at radius 3 is 2.59 bits per heavy atom. The van der Waals surface area contributed by atoms with E-state index in [1.165, 1.54) is 6.07 Å². The molecule has 17 heavy (non-hydrogen) atoms. The van der Waals surface area contributed by atoms with Crippen molar-refractivity contribution in [2.45, 2.75) is 0 Å². The van der Waals surface area contributed by atoms with Crippen molar-refractivity contribution in [2.24, 2.45) is 0 Å². The van der Waals surface area contributed by atoms with Gasteiger partial charge in [-0.15, -0.1) is 0 Å². The number of benzene rings is 2. The Morgan fingerprint density at radius 2 is 1.94 bits per heavy atom. The van der Waals surface area contributed by atoms with Gasteiger partial charge in [0.2, 0.25) is 0 Å². The Balaban J connectivity index is 2.29. The molecular weight excluding hydrogens is 239 g/mol. The third-order valence-electron chi connectivity index (χ3n) is 2.24. The molecule has 2 aromatic rings. The van der Waals surface area contributed by atoms with Crippen LogP contribution in [0.4, 0.5) is 15.8 Å². The molecule has 0 heterocycles. The van der Waals surface area contributed by atoms with Crippen molar-refractivity contribution >= 4 is 23.0 Å². The van der Waals surface area contributed by atoms with E-state index in [9.17, 15) is 4.39 Å². The van der Waals surface area contributed by atoms with Gasteiger partial charge in [0.05, 0.1) is 16.3 Å². The lowest BCUT2D eigenvalue weighted by Crippen LogP contribution is -1.93. The van der Waals surface area contributed by atoms with E-state index in [4.69, 9.17) is 16.9 Å². The van der Waals surface area contributed by atoms with E-state index in [1.807, 2.05) is 6.07 Å². The number of nitrogens with one attached hydrogen (secondary N) is 1. The molecule has 0 amide bonds. The number of hydrogen-bond acceptors (Lipinski definition) is 2. The average Bonchev–Trinajstić information content (AvgIpc) is 2.32. The molecule has 0 saturated heterocycles. The van der Waals surface area contributed by atoms with Crippen LogP contribution in [0.25, 0.3) is 0 Å². The summed E-state index contributed by atoms with van der Waals surface area (Å²) in [7, 11) is 0. The van der Waals surface area contributed by atoms with Crippen LogP contribution in [0.1, 0.15) is 5.56 Å². The van der Waals surface area contributed by atoms with Crippen molar-refractivity contribution in [3.05, 3.63) is 58.9 Å². The summed E-state index contributed by atoms with van der Waals surface area (Å²) >= 11 is 5.88. The molecule has 0 aliphatic heterocycles. The molecule has 0 bridgehead atoms. The van der Waals surface area contributed by atoms with Crippen LogP contribution in [-0.2, 0) is 0 Å². The second-order valence-corrected chi connectivity index (χ2v) is 3.82. The van der Waals surface area contributed by atoms with Gasteiger partial charge in [0, 0.05) is 5.69 Å². The summed E-state index contributed by atoms with van der Waals surface area (Å²) in [5.74, 6) is -0.340. The summed E-state index contributed by atoms with van der Waals surface area (Å²) in [4.78, 5) is 0. The highest BCUT2D eigenvalue weighted by atomic mass is 35.5. The van der Waals surface area contributed by atoms with Crippen LogP contribution >= 0.6 is 11.6 Å². The molecule has 0 saturated carbocycles. The fourth-order valence-electron chi connectivity index (χ4n) is 1.40. The minimum atomic E-state index is -0.340. The van der Waals surface area contributed by atoms with Crippen molar-refractivity contribution in [1.29, 1.82) is 5.26 Å². The Kier molecular flexibility index (Phi) is 3.27. The van der Waals surface area contributed by atoms with Gasteiger partial charge in [0.15, 0.2) is 0 Å². The highest BCUT2D eigenvalue weighted by Gasteiger charge is 2.03. The van der Waals surface area contributed by atoms with Crippen molar-refractivity contribution in [3.63, 3.8) is 0 Å². The van der Waals surface area contributed by atoms with E-state index >= 15 is 0 Å². The second-order valence-electron chi connectivity index (χ2n) is 3.41. The van der Waals surface area contributed by atoms with Crippen molar-refractivity contribution in [2.75, 3.05) is 5.32 Å². The minimum absolute atomic E-state index is 0.340. The van der Waals surface area contributed by atoms with Gasteiger partial charge in [0.1, 0.15) is 11.9 Å². The number of halogens is 2. The topological polar surface area (TPSA) is 35.8 Å². The summed E-state index contributed by atoms with van der Waals surface area (Å²) in [6, 6.07) is 13.2. The first-order valence-corrected chi connectivity index (χ1v) is 5.29. The molecule has 1 N–H and O–H groups in total. The molecule has 0 unspecified atom stereocenters. The van der Waals surface area contributed by atoms with Crippen molar-refractivity contribution in [1.82, 2.24) is 0 Å². The Bertz CT molecular complexity index is 590. The SMILES string of the molecule is N#Cc1ccc(Nc2ccccc2F)cc1Cl. The molecule has 0 atom stereocenters. The van der Waals surface area contributed by atoms with Gasteiger partial charge < -0.3 is 5.32 Å². The predicted molar refractivity (Wildman–Crippen MR) is 65.8 cm³/mol. The van der Waals surface area contributed by atoms with Crippen LogP contribution in [0.3, 0.4) is 0 Å². The first kappa shape index (κ1) is 11.4. The first-order chi connectivity index (χ1) is 8.20. The molecule has 0 fully saturated rings. The molecule has 2 rings (SSSR count).